The van der Waals surface area contributed by atoms with Crippen LogP contribution >= 0.6 is 15.9 Å². The maximum atomic E-state index is 13.1. The molecule has 0 bridgehead atoms. The molecule has 0 saturated carbocycles. The number of Topliss-reactive ketones (excluding diaryl/α,β-unsaturated/α-hetero) is 1. The van der Waals surface area contributed by atoms with Gasteiger partial charge in [-0.05, 0) is 24.3 Å². The van der Waals surface area contributed by atoms with E-state index in [1.807, 2.05) is 0 Å². The second-order valence-corrected chi connectivity index (χ2v) is 7.08. The van der Waals surface area contributed by atoms with E-state index < -0.39 is 37.9 Å². The van der Waals surface area contributed by atoms with Crippen LogP contribution in [0, 0.1) is 11.6 Å². The van der Waals surface area contributed by atoms with E-state index in [9.17, 15) is 22.0 Å². The third-order valence-corrected chi connectivity index (χ3v) is 5.05. The Morgan fingerprint density at radius 1 is 1.05 bits per heavy atom. The predicted molar refractivity (Wildman–Crippen MR) is 76.9 cm³/mol. The first kappa shape index (κ1) is 15.8. The smallest absolute Gasteiger partial charge is 0.185 e. The van der Waals surface area contributed by atoms with Gasteiger partial charge in [-0.25, -0.2) is 17.2 Å². The fourth-order valence-corrected chi connectivity index (χ4v) is 3.42. The molecule has 0 spiro atoms. The molecule has 2 rings (SSSR count). The van der Waals surface area contributed by atoms with Gasteiger partial charge in [-0.1, -0.05) is 34.1 Å². The van der Waals surface area contributed by atoms with Gasteiger partial charge in [0.05, 0.1) is 4.90 Å². The predicted octanol–water partition coefficient (Wildman–Crippen LogP) is 3.38. The van der Waals surface area contributed by atoms with E-state index in [-0.39, 0.29) is 5.56 Å². The normalized spacial score (nSPS) is 11.4. The first-order chi connectivity index (χ1) is 9.81. The third-order valence-electron chi connectivity index (χ3n) is 2.75. The Hall–Kier alpha value is -1.60. The summed E-state index contributed by atoms with van der Waals surface area (Å²) in [6, 6.07) is 8.58. The molecule has 21 heavy (non-hydrogen) atoms. The lowest BCUT2D eigenvalue weighted by Crippen LogP contribution is -2.17. The van der Waals surface area contributed by atoms with E-state index in [2.05, 4.69) is 15.9 Å². The van der Waals surface area contributed by atoms with Gasteiger partial charge in [0.1, 0.15) is 5.75 Å². The Morgan fingerprint density at radius 3 is 2.33 bits per heavy atom. The molecular weight excluding hydrogens is 366 g/mol. The summed E-state index contributed by atoms with van der Waals surface area (Å²) in [5.41, 5.74) is 0.212. The Balaban J connectivity index is 2.31. The number of sulfone groups is 1. The van der Waals surface area contributed by atoms with Crippen molar-refractivity contribution in [3.8, 4) is 0 Å². The van der Waals surface area contributed by atoms with Gasteiger partial charge in [-0.3, -0.25) is 4.79 Å². The summed E-state index contributed by atoms with van der Waals surface area (Å²) in [7, 11) is -4.04. The lowest BCUT2D eigenvalue weighted by molar-refractivity contribution is 0.102. The topological polar surface area (TPSA) is 51.2 Å². The number of carbonyl (C=O) groups is 1. The molecule has 0 fully saturated rings. The Morgan fingerprint density at radius 2 is 1.71 bits per heavy atom. The third kappa shape index (κ3) is 3.54. The monoisotopic (exact) mass is 374 g/mol. The molecule has 0 aliphatic rings. The number of rotatable bonds is 4. The van der Waals surface area contributed by atoms with E-state index in [1.54, 1.807) is 18.2 Å². The van der Waals surface area contributed by atoms with E-state index in [4.69, 9.17) is 0 Å². The van der Waals surface area contributed by atoms with Crippen molar-refractivity contribution in [1.82, 2.24) is 0 Å². The summed E-state index contributed by atoms with van der Waals surface area (Å²) in [5.74, 6) is -3.87. The summed E-state index contributed by atoms with van der Waals surface area (Å²) >= 11 is 3.16. The summed E-state index contributed by atoms with van der Waals surface area (Å²) in [6.07, 6.45) is 0. The van der Waals surface area contributed by atoms with Gasteiger partial charge in [-0.15, -0.1) is 0 Å². The highest BCUT2D eigenvalue weighted by molar-refractivity contribution is 9.10. The Bertz CT molecular complexity index is 804. The van der Waals surface area contributed by atoms with Crippen LogP contribution in [0.2, 0.25) is 0 Å². The Kier molecular flexibility index (Phi) is 4.53. The van der Waals surface area contributed by atoms with Crippen molar-refractivity contribution in [3.63, 3.8) is 0 Å². The zero-order valence-electron chi connectivity index (χ0n) is 10.5. The SMILES string of the molecule is O=C(CS(=O)(=O)c1ccc(F)c(F)c1)c1ccccc1Br. The molecule has 3 nitrogen and oxygen atoms in total. The number of hydrogen-bond acceptors (Lipinski definition) is 3. The van der Waals surface area contributed by atoms with Crippen molar-refractivity contribution in [1.29, 1.82) is 0 Å². The Labute approximate surface area is 128 Å². The second-order valence-electron chi connectivity index (χ2n) is 4.24. The number of ketones is 1. The van der Waals surface area contributed by atoms with Crippen LogP contribution in [0.5, 0.6) is 0 Å². The lowest BCUT2D eigenvalue weighted by atomic mass is 10.1. The van der Waals surface area contributed by atoms with Crippen LogP contribution in [0.1, 0.15) is 10.4 Å². The lowest BCUT2D eigenvalue weighted by Gasteiger charge is -2.06. The second kappa shape index (κ2) is 6.03. The van der Waals surface area contributed by atoms with Crippen molar-refractivity contribution in [3.05, 3.63) is 64.1 Å². The highest BCUT2D eigenvalue weighted by Gasteiger charge is 2.22. The molecule has 0 amide bonds. The first-order valence-corrected chi connectivity index (χ1v) is 8.21. The zero-order valence-corrected chi connectivity index (χ0v) is 12.9. The van der Waals surface area contributed by atoms with E-state index in [0.717, 1.165) is 6.07 Å². The zero-order chi connectivity index (χ0) is 15.6. The van der Waals surface area contributed by atoms with Gasteiger partial charge in [-0.2, -0.15) is 0 Å². The quantitative estimate of drug-likeness (QED) is 0.608. The van der Waals surface area contributed by atoms with Crippen LogP contribution in [0.4, 0.5) is 8.78 Å². The van der Waals surface area contributed by atoms with Crippen LogP contribution in [-0.4, -0.2) is 20.0 Å². The first-order valence-electron chi connectivity index (χ1n) is 5.77. The van der Waals surface area contributed by atoms with Crippen molar-refractivity contribution in [2.45, 2.75) is 4.90 Å². The standard InChI is InChI=1S/C14H9BrF2O3S/c15-11-4-2-1-3-10(11)14(18)8-21(19,20)9-5-6-12(16)13(17)7-9/h1-7H,8H2. The van der Waals surface area contributed by atoms with Crippen LogP contribution < -0.4 is 0 Å². The van der Waals surface area contributed by atoms with Crippen LogP contribution in [0.3, 0.4) is 0 Å². The summed E-state index contributed by atoms with van der Waals surface area (Å²) in [6.45, 7) is 0. The van der Waals surface area contributed by atoms with Gasteiger partial charge in [0, 0.05) is 10.0 Å². The van der Waals surface area contributed by atoms with Gasteiger partial charge >= 0.3 is 0 Å². The molecular formula is C14H9BrF2O3S. The maximum Gasteiger partial charge on any atom is 0.185 e. The minimum absolute atomic E-state index is 0.212. The van der Waals surface area contributed by atoms with Crippen molar-refractivity contribution >= 4 is 31.6 Å². The fourth-order valence-electron chi connectivity index (χ4n) is 1.69. The molecule has 0 aliphatic carbocycles. The van der Waals surface area contributed by atoms with Gasteiger partial charge in [0.2, 0.25) is 0 Å². The minimum Gasteiger partial charge on any atom is -0.293 e. The summed E-state index contributed by atoms with van der Waals surface area (Å²) < 4.78 is 50.5. The highest BCUT2D eigenvalue weighted by atomic mass is 79.9. The highest BCUT2D eigenvalue weighted by Crippen LogP contribution is 2.20. The number of benzene rings is 2. The largest absolute Gasteiger partial charge is 0.293 e. The molecule has 0 aromatic heterocycles. The van der Waals surface area contributed by atoms with Crippen molar-refractivity contribution in [2.75, 3.05) is 5.75 Å². The molecule has 7 heteroatoms. The van der Waals surface area contributed by atoms with Gasteiger partial charge in [0.15, 0.2) is 27.3 Å². The molecule has 0 aliphatic heterocycles. The van der Waals surface area contributed by atoms with Crippen LogP contribution in [0.25, 0.3) is 0 Å². The molecule has 0 N–H and O–H groups in total. The van der Waals surface area contributed by atoms with Gasteiger partial charge in [0.25, 0.3) is 0 Å². The fraction of sp³-hybridized carbons (Fsp3) is 0.0714. The molecule has 0 saturated heterocycles. The molecule has 2 aromatic rings. The molecule has 0 unspecified atom stereocenters. The molecule has 2 aromatic carbocycles. The molecule has 0 radical (unpaired) electrons. The number of hydrogen-bond donors (Lipinski definition) is 0. The summed E-state index contributed by atoms with van der Waals surface area (Å²) in [5, 5.41) is 0. The van der Waals surface area contributed by atoms with E-state index in [0.29, 0.717) is 16.6 Å². The van der Waals surface area contributed by atoms with Crippen LogP contribution in [-0.2, 0) is 9.84 Å². The summed E-state index contributed by atoms with van der Waals surface area (Å²) in [4.78, 5) is 11.6. The average Bonchev–Trinajstić information content (AvgIpc) is 2.41. The molecule has 110 valence electrons. The molecule has 0 atom stereocenters. The van der Waals surface area contributed by atoms with Crippen molar-refractivity contribution in [2.24, 2.45) is 0 Å². The van der Waals surface area contributed by atoms with E-state index >= 15 is 0 Å². The van der Waals surface area contributed by atoms with Crippen molar-refractivity contribution < 1.29 is 22.0 Å². The molecule has 0 heterocycles. The number of halogens is 3. The number of carbonyl (C=O) groups excluding carboxylic acids is 1. The average molecular weight is 375 g/mol. The van der Waals surface area contributed by atoms with Gasteiger partial charge < -0.3 is 0 Å². The van der Waals surface area contributed by atoms with E-state index in [1.165, 1.54) is 6.07 Å². The maximum absolute atomic E-state index is 13.1. The minimum atomic E-state index is -4.04. The van der Waals surface area contributed by atoms with Crippen LogP contribution in [0.15, 0.2) is 51.8 Å².